The first-order valence-corrected chi connectivity index (χ1v) is 7.74. The third kappa shape index (κ3) is 2.85. The van der Waals surface area contributed by atoms with Crippen LogP contribution in [0.1, 0.15) is 55.6 Å². The van der Waals surface area contributed by atoms with Gasteiger partial charge in [-0.05, 0) is 33.2 Å². The lowest BCUT2D eigenvalue weighted by atomic mass is 9.90. The smallest absolute Gasteiger partial charge is 0.221 e. The molecule has 0 unspecified atom stereocenters. The molecule has 0 aromatic carbocycles. The van der Waals surface area contributed by atoms with E-state index >= 15 is 0 Å². The third-order valence-corrected chi connectivity index (χ3v) is 4.53. The number of nitrogens with zero attached hydrogens (tertiary/aromatic N) is 4. The summed E-state index contributed by atoms with van der Waals surface area (Å²) in [6.45, 7) is 8.40. The second kappa shape index (κ2) is 5.97. The molecule has 0 radical (unpaired) electrons. The van der Waals surface area contributed by atoms with Crippen LogP contribution in [0, 0.1) is 6.92 Å². The highest BCUT2D eigenvalue weighted by atomic mass is 16.4. The summed E-state index contributed by atoms with van der Waals surface area (Å²) >= 11 is 0. The predicted octanol–water partition coefficient (Wildman–Crippen LogP) is 2.43. The lowest BCUT2D eigenvalue weighted by molar-refractivity contribution is 0.118. The van der Waals surface area contributed by atoms with Crippen LogP contribution in [0.3, 0.4) is 0 Å². The largest absolute Gasteiger partial charge is 0.425 e. The zero-order valence-corrected chi connectivity index (χ0v) is 13.0. The molecule has 2 atom stereocenters. The third-order valence-electron chi connectivity index (χ3n) is 4.53. The number of aryl methyl sites for hydroxylation is 2. The molecule has 1 aliphatic heterocycles. The van der Waals surface area contributed by atoms with Crippen LogP contribution in [-0.2, 0) is 13.0 Å². The number of H-pyrrole nitrogens is 1. The van der Waals surface area contributed by atoms with Crippen molar-refractivity contribution in [2.45, 2.75) is 58.5 Å². The average Bonchev–Trinajstić information content (AvgIpc) is 3.11. The van der Waals surface area contributed by atoms with E-state index in [0.717, 1.165) is 49.8 Å². The van der Waals surface area contributed by atoms with Gasteiger partial charge in [-0.1, -0.05) is 6.92 Å². The second-order valence-corrected chi connectivity index (χ2v) is 5.87. The monoisotopic (exact) mass is 289 g/mol. The van der Waals surface area contributed by atoms with Crippen molar-refractivity contribution in [3.63, 3.8) is 0 Å². The topological polar surface area (TPSA) is 70.8 Å². The van der Waals surface area contributed by atoms with E-state index < -0.39 is 0 Å². The number of nitrogens with one attached hydrogen (secondary N) is 1. The molecule has 0 aliphatic carbocycles. The Morgan fingerprint density at radius 3 is 2.95 bits per heavy atom. The number of piperidine rings is 1. The quantitative estimate of drug-likeness (QED) is 0.936. The molecule has 0 saturated carbocycles. The van der Waals surface area contributed by atoms with Gasteiger partial charge in [-0.15, -0.1) is 10.2 Å². The minimum absolute atomic E-state index is 0.332. The molecule has 0 bridgehead atoms. The molecule has 6 nitrogen and oxygen atoms in total. The summed E-state index contributed by atoms with van der Waals surface area (Å²) in [5.41, 5.74) is 2.41. The molecule has 21 heavy (non-hydrogen) atoms. The fourth-order valence-corrected chi connectivity index (χ4v) is 3.08. The summed E-state index contributed by atoms with van der Waals surface area (Å²) in [4.78, 5) is 2.49. The van der Waals surface area contributed by atoms with Crippen molar-refractivity contribution < 1.29 is 4.42 Å². The maximum absolute atomic E-state index is 5.78. The fourth-order valence-electron chi connectivity index (χ4n) is 3.08. The summed E-state index contributed by atoms with van der Waals surface area (Å²) in [6.07, 6.45) is 5.00. The lowest BCUT2D eigenvalue weighted by Crippen LogP contribution is -2.41. The Hall–Kier alpha value is -1.69. The summed E-state index contributed by atoms with van der Waals surface area (Å²) in [7, 11) is 0. The molecule has 6 heteroatoms. The minimum Gasteiger partial charge on any atom is -0.425 e. The molecule has 1 saturated heterocycles. The minimum atomic E-state index is 0.332. The summed E-state index contributed by atoms with van der Waals surface area (Å²) in [5, 5.41) is 15.5. The molecule has 3 heterocycles. The molecular weight excluding hydrogens is 266 g/mol. The summed E-state index contributed by atoms with van der Waals surface area (Å²) < 4.78 is 5.78. The van der Waals surface area contributed by atoms with E-state index in [1.165, 1.54) is 5.56 Å². The predicted molar refractivity (Wildman–Crippen MR) is 78.8 cm³/mol. The van der Waals surface area contributed by atoms with Gasteiger partial charge in [0.1, 0.15) is 0 Å². The summed E-state index contributed by atoms with van der Waals surface area (Å²) in [6, 6.07) is 0.401. The van der Waals surface area contributed by atoms with Crippen molar-refractivity contribution in [1.82, 2.24) is 25.3 Å². The zero-order chi connectivity index (χ0) is 14.8. The SMILES string of the molecule is CCc1nnc([C@H]2CCCN(Cc3cn[nH]c3C)[C@H]2C)o1. The number of aromatic nitrogens is 4. The Labute approximate surface area is 124 Å². The first kappa shape index (κ1) is 14.3. The Kier molecular flexibility index (Phi) is 4.05. The van der Waals surface area contributed by atoms with E-state index in [1.807, 2.05) is 13.1 Å². The van der Waals surface area contributed by atoms with Gasteiger partial charge in [0.05, 0.1) is 12.1 Å². The highest BCUT2D eigenvalue weighted by Crippen LogP contribution is 2.32. The van der Waals surface area contributed by atoms with Gasteiger partial charge < -0.3 is 4.42 Å². The number of likely N-dealkylation sites (tertiary alicyclic amines) is 1. The van der Waals surface area contributed by atoms with E-state index in [9.17, 15) is 0 Å². The van der Waals surface area contributed by atoms with Crippen molar-refractivity contribution in [1.29, 1.82) is 0 Å². The van der Waals surface area contributed by atoms with E-state index in [4.69, 9.17) is 4.42 Å². The van der Waals surface area contributed by atoms with Gasteiger partial charge in [-0.25, -0.2) is 0 Å². The van der Waals surface area contributed by atoms with Crippen LogP contribution in [0.5, 0.6) is 0 Å². The summed E-state index contributed by atoms with van der Waals surface area (Å²) in [5.74, 6) is 1.87. The number of hydrogen-bond donors (Lipinski definition) is 1. The molecule has 2 aromatic heterocycles. The highest BCUT2D eigenvalue weighted by Gasteiger charge is 2.32. The van der Waals surface area contributed by atoms with Crippen molar-refractivity contribution in [2.24, 2.45) is 0 Å². The highest BCUT2D eigenvalue weighted by molar-refractivity contribution is 5.15. The first-order chi connectivity index (χ1) is 10.2. The second-order valence-electron chi connectivity index (χ2n) is 5.87. The van der Waals surface area contributed by atoms with Crippen molar-refractivity contribution in [3.05, 3.63) is 29.2 Å². The number of aromatic amines is 1. The van der Waals surface area contributed by atoms with Gasteiger partial charge in [0.2, 0.25) is 11.8 Å². The van der Waals surface area contributed by atoms with Gasteiger partial charge in [0.25, 0.3) is 0 Å². The first-order valence-electron chi connectivity index (χ1n) is 7.74. The van der Waals surface area contributed by atoms with Crippen molar-refractivity contribution in [2.75, 3.05) is 6.54 Å². The molecule has 0 spiro atoms. The van der Waals surface area contributed by atoms with Crippen LogP contribution in [0.25, 0.3) is 0 Å². The Balaban J connectivity index is 1.74. The van der Waals surface area contributed by atoms with Crippen LogP contribution < -0.4 is 0 Å². The van der Waals surface area contributed by atoms with Gasteiger partial charge in [0.15, 0.2) is 0 Å². The number of rotatable bonds is 4. The standard InChI is InChI=1S/C15H23N5O/c1-4-14-18-19-15(21-14)13-6-5-7-20(11(13)3)9-12-8-16-17-10(12)2/h8,11,13H,4-7,9H2,1-3H3,(H,16,17)/t11-,13-/m0/s1. The van der Waals surface area contributed by atoms with Crippen LogP contribution in [-0.4, -0.2) is 37.9 Å². The molecule has 3 rings (SSSR count). The van der Waals surface area contributed by atoms with Gasteiger partial charge in [-0.2, -0.15) is 5.10 Å². The zero-order valence-electron chi connectivity index (χ0n) is 13.0. The molecule has 1 fully saturated rings. The fraction of sp³-hybridized carbons (Fsp3) is 0.667. The van der Waals surface area contributed by atoms with Crippen LogP contribution in [0.15, 0.2) is 10.6 Å². The van der Waals surface area contributed by atoms with E-state index in [2.05, 4.69) is 39.1 Å². The van der Waals surface area contributed by atoms with Gasteiger partial charge >= 0.3 is 0 Å². The van der Waals surface area contributed by atoms with Crippen LogP contribution in [0.2, 0.25) is 0 Å². The molecule has 0 amide bonds. The molecule has 2 aromatic rings. The molecular formula is C15H23N5O. The van der Waals surface area contributed by atoms with E-state index in [1.54, 1.807) is 0 Å². The molecule has 1 N–H and O–H groups in total. The van der Waals surface area contributed by atoms with Crippen LogP contribution >= 0.6 is 0 Å². The van der Waals surface area contributed by atoms with E-state index in [-0.39, 0.29) is 0 Å². The van der Waals surface area contributed by atoms with Crippen molar-refractivity contribution >= 4 is 0 Å². The Morgan fingerprint density at radius 1 is 1.43 bits per heavy atom. The normalized spacial score (nSPS) is 23.6. The maximum Gasteiger partial charge on any atom is 0.221 e. The van der Waals surface area contributed by atoms with Crippen LogP contribution in [0.4, 0.5) is 0 Å². The Bertz CT molecular complexity index is 590. The maximum atomic E-state index is 5.78. The molecule has 114 valence electrons. The lowest BCUT2D eigenvalue weighted by Gasteiger charge is -2.37. The van der Waals surface area contributed by atoms with Crippen molar-refractivity contribution in [3.8, 4) is 0 Å². The average molecular weight is 289 g/mol. The van der Waals surface area contributed by atoms with E-state index in [0.29, 0.717) is 12.0 Å². The van der Waals surface area contributed by atoms with Gasteiger partial charge in [-0.3, -0.25) is 10.00 Å². The van der Waals surface area contributed by atoms with Gasteiger partial charge in [0, 0.05) is 30.3 Å². The Morgan fingerprint density at radius 2 is 2.29 bits per heavy atom. The number of hydrogen-bond acceptors (Lipinski definition) is 5. The molecule has 1 aliphatic rings.